The van der Waals surface area contributed by atoms with Crippen LogP contribution in [0.25, 0.3) is 5.69 Å². The molecule has 6 nitrogen and oxygen atoms in total. The van der Waals surface area contributed by atoms with Gasteiger partial charge in [-0.05, 0) is 49.7 Å². The van der Waals surface area contributed by atoms with Crippen LogP contribution in [0, 0.1) is 12.8 Å². The standard InChI is InChI=1S/C22H29N3O3/c1-15(2)21-18(13-23-25(21)19-9-5-4-7-16(19)3)22(28)24-12-6-8-17(14-24)10-11-20(26)27/h4-5,7,9,13,15,17H,6,8,10-12,14H2,1-3H3,(H,26,27). The van der Waals surface area contributed by atoms with Crippen LogP contribution < -0.4 is 0 Å². The summed E-state index contributed by atoms with van der Waals surface area (Å²) in [5, 5.41) is 13.5. The van der Waals surface area contributed by atoms with E-state index in [0.29, 0.717) is 18.5 Å². The van der Waals surface area contributed by atoms with Gasteiger partial charge in [0, 0.05) is 19.5 Å². The van der Waals surface area contributed by atoms with Crippen molar-refractivity contribution in [1.82, 2.24) is 14.7 Å². The third-order valence-electron chi connectivity index (χ3n) is 5.50. The van der Waals surface area contributed by atoms with Gasteiger partial charge in [-0.15, -0.1) is 0 Å². The molecule has 1 aliphatic rings. The van der Waals surface area contributed by atoms with E-state index in [1.165, 1.54) is 0 Å². The zero-order chi connectivity index (χ0) is 20.3. The van der Waals surface area contributed by atoms with Crippen LogP contribution in [0.4, 0.5) is 0 Å². The smallest absolute Gasteiger partial charge is 0.303 e. The van der Waals surface area contributed by atoms with E-state index in [0.717, 1.165) is 36.3 Å². The zero-order valence-corrected chi connectivity index (χ0v) is 16.9. The van der Waals surface area contributed by atoms with E-state index in [1.807, 2.05) is 40.8 Å². The molecular formula is C22H29N3O3. The van der Waals surface area contributed by atoms with Gasteiger partial charge in [0.1, 0.15) is 0 Å². The van der Waals surface area contributed by atoms with Gasteiger partial charge in [0.05, 0.1) is 23.1 Å². The summed E-state index contributed by atoms with van der Waals surface area (Å²) in [6, 6.07) is 8.04. The fourth-order valence-electron chi connectivity index (χ4n) is 4.05. The molecule has 28 heavy (non-hydrogen) atoms. The number of aliphatic carboxylic acids is 1. The summed E-state index contributed by atoms with van der Waals surface area (Å²) in [5.74, 6) is -0.370. The van der Waals surface area contributed by atoms with E-state index in [1.54, 1.807) is 6.20 Å². The van der Waals surface area contributed by atoms with Crippen LogP contribution >= 0.6 is 0 Å². The molecule has 1 aliphatic heterocycles. The van der Waals surface area contributed by atoms with Crippen molar-refractivity contribution in [3.63, 3.8) is 0 Å². The molecule has 0 spiro atoms. The quantitative estimate of drug-likeness (QED) is 0.817. The van der Waals surface area contributed by atoms with E-state index in [9.17, 15) is 9.59 Å². The van der Waals surface area contributed by atoms with Crippen LogP contribution in [-0.4, -0.2) is 44.8 Å². The Labute approximate surface area is 166 Å². The number of carboxylic acids is 1. The Morgan fingerprint density at radius 1 is 1.29 bits per heavy atom. The molecule has 0 saturated carbocycles. The number of piperidine rings is 1. The molecule has 1 unspecified atom stereocenters. The van der Waals surface area contributed by atoms with Crippen molar-refractivity contribution in [2.75, 3.05) is 13.1 Å². The molecule has 0 aliphatic carbocycles. The lowest BCUT2D eigenvalue weighted by molar-refractivity contribution is -0.137. The number of rotatable bonds is 6. The summed E-state index contributed by atoms with van der Waals surface area (Å²) in [6.07, 6.45) is 4.37. The first kappa shape index (κ1) is 20.1. The Bertz CT molecular complexity index is 856. The lowest BCUT2D eigenvalue weighted by Gasteiger charge is -2.32. The van der Waals surface area contributed by atoms with Crippen molar-refractivity contribution in [3.05, 3.63) is 47.3 Å². The van der Waals surface area contributed by atoms with E-state index in [4.69, 9.17) is 5.11 Å². The lowest BCUT2D eigenvalue weighted by Crippen LogP contribution is -2.40. The average Bonchev–Trinajstić information content (AvgIpc) is 3.11. The van der Waals surface area contributed by atoms with Crippen molar-refractivity contribution in [1.29, 1.82) is 0 Å². The predicted molar refractivity (Wildman–Crippen MR) is 108 cm³/mol. The highest BCUT2D eigenvalue weighted by molar-refractivity contribution is 5.95. The summed E-state index contributed by atoms with van der Waals surface area (Å²) in [5.41, 5.74) is 3.67. The third-order valence-corrected chi connectivity index (χ3v) is 5.50. The van der Waals surface area contributed by atoms with Crippen LogP contribution in [0.15, 0.2) is 30.5 Å². The molecule has 1 fully saturated rings. The normalized spacial score (nSPS) is 17.1. The van der Waals surface area contributed by atoms with Gasteiger partial charge in [0.25, 0.3) is 5.91 Å². The highest BCUT2D eigenvalue weighted by atomic mass is 16.4. The van der Waals surface area contributed by atoms with Gasteiger partial charge in [-0.3, -0.25) is 9.59 Å². The number of aryl methyl sites for hydroxylation is 1. The maximum Gasteiger partial charge on any atom is 0.303 e. The minimum atomic E-state index is -0.773. The van der Waals surface area contributed by atoms with Crippen molar-refractivity contribution in [3.8, 4) is 5.69 Å². The van der Waals surface area contributed by atoms with E-state index < -0.39 is 5.97 Å². The average molecular weight is 383 g/mol. The van der Waals surface area contributed by atoms with Crippen molar-refractivity contribution in [2.24, 2.45) is 5.92 Å². The minimum Gasteiger partial charge on any atom is -0.481 e. The Morgan fingerprint density at radius 3 is 2.71 bits per heavy atom. The van der Waals surface area contributed by atoms with E-state index in [-0.39, 0.29) is 24.2 Å². The topological polar surface area (TPSA) is 75.4 Å². The second kappa shape index (κ2) is 8.59. The number of amides is 1. The van der Waals surface area contributed by atoms with Gasteiger partial charge in [-0.1, -0.05) is 32.0 Å². The van der Waals surface area contributed by atoms with E-state index in [2.05, 4.69) is 18.9 Å². The SMILES string of the molecule is Cc1ccccc1-n1ncc(C(=O)N2CCCC(CCC(=O)O)C2)c1C(C)C. The molecular weight excluding hydrogens is 354 g/mol. The molecule has 0 bridgehead atoms. The van der Waals surface area contributed by atoms with Crippen molar-refractivity contribution in [2.45, 2.75) is 52.4 Å². The molecule has 0 radical (unpaired) electrons. The molecule has 1 aromatic heterocycles. The van der Waals surface area contributed by atoms with Gasteiger partial charge in [-0.2, -0.15) is 5.10 Å². The van der Waals surface area contributed by atoms with Crippen molar-refractivity contribution >= 4 is 11.9 Å². The fraction of sp³-hybridized carbons (Fsp3) is 0.500. The summed E-state index contributed by atoms with van der Waals surface area (Å²) in [7, 11) is 0. The van der Waals surface area contributed by atoms with Gasteiger partial charge in [0.2, 0.25) is 0 Å². The first-order chi connectivity index (χ1) is 13.4. The van der Waals surface area contributed by atoms with Gasteiger partial charge in [-0.25, -0.2) is 4.68 Å². The number of hydrogen-bond acceptors (Lipinski definition) is 3. The molecule has 3 rings (SSSR count). The maximum absolute atomic E-state index is 13.3. The summed E-state index contributed by atoms with van der Waals surface area (Å²) < 4.78 is 1.89. The number of nitrogens with zero attached hydrogens (tertiary/aromatic N) is 3. The van der Waals surface area contributed by atoms with Crippen LogP contribution in [-0.2, 0) is 4.79 Å². The molecule has 1 amide bonds. The number of carbonyl (C=O) groups is 2. The molecule has 1 saturated heterocycles. The largest absolute Gasteiger partial charge is 0.481 e. The summed E-state index contributed by atoms with van der Waals surface area (Å²) in [4.78, 5) is 26.0. The molecule has 1 aromatic carbocycles. The second-order valence-electron chi connectivity index (χ2n) is 7.99. The molecule has 2 heterocycles. The lowest BCUT2D eigenvalue weighted by atomic mass is 9.92. The van der Waals surface area contributed by atoms with Gasteiger partial charge >= 0.3 is 5.97 Å². The van der Waals surface area contributed by atoms with Gasteiger partial charge < -0.3 is 10.0 Å². The number of carboxylic acid groups (broad SMARTS) is 1. The maximum atomic E-state index is 13.3. The first-order valence-electron chi connectivity index (χ1n) is 10.0. The Balaban J connectivity index is 1.86. The van der Waals surface area contributed by atoms with Crippen LogP contribution in [0.2, 0.25) is 0 Å². The van der Waals surface area contributed by atoms with Crippen LogP contribution in [0.5, 0.6) is 0 Å². The fourth-order valence-corrected chi connectivity index (χ4v) is 4.05. The summed E-state index contributed by atoms with van der Waals surface area (Å²) in [6.45, 7) is 7.54. The number of aromatic nitrogens is 2. The number of para-hydroxylation sites is 1. The van der Waals surface area contributed by atoms with Crippen LogP contribution in [0.1, 0.15) is 67.1 Å². The Hall–Kier alpha value is -2.63. The van der Waals surface area contributed by atoms with Gasteiger partial charge in [0.15, 0.2) is 0 Å². The predicted octanol–water partition coefficient (Wildman–Crippen LogP) is 4.02. The highest BCUT2D eigenvalue weighted by Crippen LogP contribution is 2.28. The monoisotopic (exact) mass is 383 g/mol. The number of likely N-dealkylation sites (tertiary alicyclic amines) is 1. The molecule has 6 heteroatoms. The molecule has 2 aromatic rings. The highest BCUT2D eigenvalue weighted by Gasteiger charge is 2.29. The number of hydrogen-bond donors (Lipinski definition) is 1. The second-order valence-corrected chi connectivity index (χ2v) is 7.99. The Morgan fingerprint density at radius 2 is 2.04 bits per heavy atom. The first-order valence-corrected chi connectivity index (χ1v) is 10.0. The Kier molecular flexibility index (Phi) is 6.17. The minimum absolute atomic E-state index is 0.00330. The van der Waals surface area contributed by atoms with E-state index >= 15 is 0 Å². The molecule has 150 valence electrons. The zero-order valence-electron chi connectivity index (χ0n) is 16.9. The summed E-state index contributed by atoms with van der Waals surface area (Å²) >= 11 is 0. The number of carbonyl (C=O) groups excluding carboxylic acids is 1. The van der Waals surface area contributed by atoms with Crippen molar-refractivity contribution < 1.29 is 14.7 Å². The third kappa shape index (κ3) is 4.26. The van der Waals surface area contributed by atoms with Crippen LogP contribution in [0.3, 0.4) is 0 Å². The molecule has 1 N–H and O–H groups in total. The molecule has 1 atom stereocenters. The number of benzene rings is 1.